The molecule has 2 rings (SSSR count). The van der Waals surface area contributed by atoms with Gasteiger partial charge in [-0.1, -0.05) is 6.92 Å². The lowest BCUT2D eigenvalue weighted by molar-refractivity contribution is 0.605. The van der Waals surface area contributed by atoms with Gasteiger partial charge < -0.3 is 5.73 Å². The van der Waals surface area contributed by atoms with Crippen molar-refractivity contribution in [3.05, 3.63) is 33.3 Å². The number of fused-ring (bicyclic) bond motifs is 1. The molecule has 0 aliphatic carbocycles. The number of benzene rings is 1. The molecule has 78 valence electrons. The molecule has 1 aromatic carbocycles. The Morgan fingerprint density at radius 1 is 1.47 bits per heavy atom. The van der Waals surface area contributed by atoms with Crippen LogP contribution in [0.5, 0.6) is 0 Å². The summed E-state index contributed by atoms with van der Waals surface area (Å²) in [6.07, 6.45) is 0.600. The van der Waals surface area contributed by atoms with Crippen LogP contribution in [0.2, 0.25) is 0 Å². The Kier molecular flexibility index (Phi) is 2.77. The van der Waals surface area contributed by atoms with Crippen molar-refractivity contribution >= 4 is 39.2 Å². The zero-order valence-electron chi connectivity index (χ0n) is 8.22. The Labute approximate surface area is 101 Å². The highest BCUT2D eigenvalue weighted by Gasteiger charge is 2.08. The molecule has 0 saturated carbocycles. The van der Waals surface area contributed by atoms with Crippen molar-refractivity contribution in [3.63, 3.8) is 0 Å². The molecular formula is C11H10FIN2. The summed E-state index contributed by atoms with van der Waals surface area (Å²) in [4.78, 5) is 4.26. The summed E-state index contributed by atoms with van der Waals surface area (Å²) in [5, 5.41) is 0.783. The maximum atomic E-state index is 13.5. The van der Waals surface area contributed by atoms with Gasteiger partial charge in [-0.15, -0.1) is 0 Å². The second kappa shape index (κ2) is 3.92. The highest BCUT2D eigenvalue weighted by atomic mass is 127. The third-order valence-corrected chi connectivity index (χ3v) is 3.53. The predicted octanol–water partition coefficient (Wildman–Crippen LogP) is 3.12. The van der Waals surface area contributed by atoms with E-state index in [1.807, 2.05) is 13.0 Å². The van der Waals surface area contributed by atoms with Gasteiger partial charge in [-0.2, -0.15) is 0 Å². The topological polar surface area (TPSA) is 38.9 Å². The van der Waals surface area contributed by atoms with Crippen LogP contribution in [0.25, 0.3) is 10.9 Å². The Hall–Kier alpha value is -0.910. The number of nitrogens with zero attached hydrogens (tertiary/aromatic N) is 1. The van der Waals surface area contributed by atoms with Crippen molar-refractivity contribution < 1.29 is 4.39 Å². The molecule has 0 radical (unpaired) electrons. The monoisotopic (exact) mass is 316 g/mol. The summed E-state index contributed by atoms with van der Waals surface area (Å²) in [5.74, 6) is -0.256. The predicted molar refractivity (Wildman–Crippen MR) is 68.2 cm³/mol. The fourth-order valence-corrected chi connectivity index (χ4v) is 2.10. The van der Waals surface area contributed by atoms with Gasteiger partial charge in [0.15, 0.2) is 0 Å². The van der Waals surface area contributed by atoms with Crippen molar-refractivity contribution in [1.82, 2.24) is 4.98 Å². The van der Waals surface area contributed by atoms with E-state index in [4.69, 9.17) is 5.73 Å². The third-order valence-electron chi connectivity index (χ3n) is 2.32. The van der Waals surface area contributed by atoms with Crippen LogP contribution in [0.15, 0.2) is 18.2 Å². The molecule has 2 nitrogen and oxygen atoms in total. The quantitative estimate of drug-likeness (QED) is 0.648. The van der Waals surface area contributed by atoms with E-state index < -0.39 is 0 Å². The number of aryl methyl sites for hydroxylation is 1. The first kappa shape index (κ1) is 10.6. The average molecular weight is 316 g/mol. The van der Waals surface area contributed by atoms with Crippen molar-refractivity contribution in [2.75, 3.05) is 5.73 Å². The Bertz CT molecular complexity index is 525. The number of pyridine rings is 1. The smallest absolute Gasteiger partial charge is 0.145 e. The zero-order chi connectivity index (χ0) is 11.0. The van der Waals surface area contributed by atoms with E-state index in [-0.39, 0.29) is 5.82 Å². The number of hydrogen-bond donors (Lipinski definition) is 1. The molecule has 0 saturated heterocycles. The third kappa shape index (κ3) is 1.78. The molecule has 4 heteroatoms. The van der Waals surface area contributed by atoms with Gasteiger partial charge >= 0.3 is 0 Å². The molecule has 15 heavy (non-hydrogen) atoms. The lowest BCUT2D eigenvalue weighted by Crippen LogP contribution is -1.97. The van der Waals surface area contributed by atoms with Crippen LogP contribution >= 0.6 is 22.6 Å². The van der Waals surface area contributed by atoms with E-state index in [1.54, 1.807) is 6.07 Å². The molecule has 0 aliphatic heterocycles. The van der Waals surface area contributed by atoms with Gasteiger partial charge in [-0.3, -0.25) is 0 Å². The van der Waals surface area contributed by atoms with E-state index in [0.29, 0.717) is 17.8 Å². The molecule has 1 heterocycles. The number of anilines is 1. The van der Waals surface area contributed by atoms with Gasteiger partial charge in [-0.25, -0.2) is 9.37 Å². The lowest BCUT2D eigenvalue weighted by Gasteiger charge is -2.06. The van der Waals surface area contributed by atoms with Crippen LogP contribution in [0, 0.1) is 9.39 Å². The fourth-order valence-electron chi connectivity index (χ4n) is 1.49. The van der Waals surface area contributed by atoms with Crippen molar-refractivity contribution in [1.29, 1.82) is 0 Å². The van der Waals surface area contributed by atoms with Gasteiger partial charge in [0.1, 0.15) is 5.82 Å². The zero-order valence-corrected chi connectivity index (χ0v) is 10.4. The standard InChI is InChI=1S/C11H10FIN2/c1-2-9-7(12)5-6-10(15-9)4-3-8(14)11(6)13/h3-5H,2,14H2,1H3. The van der Waals surface area contributed by atoms with Crippen molar-refractivity contribution in [2.45, 2.75) is 13.3 Å². The molecule has 0 amide bonds. The fraction of sp³-hybridized carbons (Fsp3) is 0.182. The molecule has 1 aromatic heterocycles. The highest BCUT2D eigenvalue weighted by Crippen LogP contribution is 2.26. The van der Waals surface area contributed by atoms with Gasteiger partial charge in [0.25, 0.3) is 0 Å². The number of nitrogens with two attached hydrogens (primary N) is 1. The average Bonchev–Trinajstić information content (AvgIpc) is 2.24. The maximum absolute atomic E-state index is 13.5. The number of aromatic nitrogens is 1. The van der Waals surface area contributed by atoms with Gasteiger partial charge in [0.2, 0.25) is 0 Å². The Morgan fingerprint density at radius 3 is 2.87 bits per heavy atom. The van der Waals surface area contributed by atoms with E-state index >= 15 is 0 Å². The van der Waals surface area contributed by atoms with Crippen molar-refractivity contribution in [3.8, 4) is 0 Å². The molecule has 0 bridgehead atoms. The summed E-state index contributed by atoms with van der Waals surface area (Å²) in [7, 11) is 0. The van der Waals surface area contributed by atoms with Crippen LogP contribution < -0.4 is 5.73 Å². The summed E-state index contributed by atoms with van der Waals surface area (Å²) in [6.45, 7) is 1.89. The molecule has 0 unspecified atom stereocenters. The van der Waals surface area contributed by atoms with Gasteiger partial charge in [0.05, 0.1) is 11.2 Å². The maximum Gasteiger partial charge on any atom is 0.145 e. The summed E-state index contributed by atoms with van der Waals surface area (Å²) >= 11 is 2.11. The molecule has 0 fully saturated rings. The van der Waals surface area contributed by atoms with E-state index in [1.165, 1.54) is 6.07 Å². The van der Waals surface area contributed by atoms with Gasteiger partial charge in [0, 0.05) is 14.6 Å². The summed E-state index contributed by atoms with van der Waals surface area (Å²) in [6, 6.07) is 5.14. The van der Waals surface area contributed by atoms with Crippen LogP contribution in [-0.2, 0) is 6.42 Å². The second-order valence-corrected chi connectivity index (χ2v) is 4.38. The Balaban J connectivity index is 2.81. The minimum atomic E-state index is -0.256. The van der Waals surface area contributed by atoms with E-state index in [0.717, 1.165) is 14.5 Å². The minimum absolute atomic E-state index is 0.256. The summed E-state index contributed by atoms with van der Waals surface area (Å²) in [5.41, 5.74) is 7.71. The molecule has 0 spiro atoms. The second-order valence-electron chi connectivity index (χ2n) is 3.31. The molecule has 2 aromatic rings. The molecule has 0 atom stereocenters. The molecule has 2 N–H and O–H groups in total. The summed E-state index contributed by atoms with van der Waals surface area (Å²) < 4.78 is 14.4. The lowest BCUT2D eigenvalue weighted by atomic mass is 10.1. The van der Waals surface area contributed by atoms with Crippen molar-refractivity contribution in [2.24, 2.45) is 0 Å². The Morgan fingerprint density at radius 2 is 2.20 bits per heavy atom. The largest absolute Gasteiger partial charge is 0.398 e. The number of nitrogen functional groups attached to an aromatic ring is 1. The van der Waals surface area contributed by atoms with Gasteiger partial charge in [-0.05, 0) is 47.2 Å². The van der Waals surface area contributed by atoms with Crippen LogP contribution in [-0.4, -0.2) is 4.98 Å². The SMILES string of the molecule is CCc1nc2ccc(N)c(I)c2cc1F. The first-order valence-electron chi connectivity index (χ1n) is 4.66. The van der Waals surface area contributed by atoms with E-state index in [9.17, 15) is 4.39 Å². The number of hydrogen-bond acceptors (Lipinski definition) is 2. The first-order valence-corrected chi connectivity index (χ1v) is 5.74. The van der Waals surface area contributed by atoms with E-state index in [2.05, 4.69) is 27.6 Å². The number of halogens is 2. The number of rotatable bonds is 1. The molecule has 0 aliphatic rings. The van der Waals surface area contributed by atoms with Crippen LogP contribution in [0.4, 0.5) is 10.1 Å². The normalized spacial score (nSPS) is 10.9. The minimum Gasteiger partial charge on any atom is -0.398 e. The highest BCUT2D eigenvalue weighted by molar-refractivity contribution is 14.1. The van der Waals surface area contributed by atoms with Crippen LogP contribution in [0.1, 0.15) is 12.6 Å². The molecular weight excluding hydrogens is 306 g/mol. The first-order chi connectivity index (χ1) is 7.13. The van der Waals surface area contributed by atoms with Crippen LogP contribution in [0.3, 0.4) is 0 Å².